The van der Waals surface area contributed by atoms with Crippen molar-refractivity contribution in [3.8, 4) is 0 Å². The SMILES string of the molecule is Cc1ccc2c(c1)C(C)[C-]=C2.[CH3-].[Cl-].[Cl-].[Zr+2].c1cc[cH-]c1. The van der Waals surface area contributed by atoms with Gasteiger partial charge < -0.3 is 32.2 Å². The van der Waals surface area contributed by atoms with Crippen LogP contribution in [-0.2, 0) is 26.2 Å². The van der Waals surface area contributed by atoms with E-state index in [1.54, 1.807) is 0 Å². The van der Waals surface area contributed by atoms with Gasteiger partial charge in [0.05, 0.1) is 0 Å². The summed E-state index contributed by atoms with van der Waals surface area (Å²) in [5.74, 6) is 0.491. The quantitative estimate of drug-likeness (QED) is 0.500. The van der Waals surface area contributed by atoms with E-state index in [0.29, 0.717) is 5.92 Å². The summed E-state index contributed by atoms with van der Waals surface area (Å²) in [6.45, 7) is 4.31. The van der Waals surface area contributed by atoms with Crippen molar-refractivity contribution < 1.29 is 51.0 Å². The first-order chi connectivity index (χ1) is 7.77. The normalized spacial score (nSPS) is 13.2. The third kappa shape index (κ3) is 6.98. The molecule has 2 aromatic carbocycles. The van der Waals surface area contributed by atoms with Gasteiger partial charge in [0.15, 0.2) is 0 Å². The maximum absolute atomic E-state index is 3.29. The minimum Gasteiger partial charge on any atom is -1.00 e. The van der Waals surface area contributed by atoms with Crippen LogP contribution in [0.15, 0.2) is 48.5 Å². The first kappa shape index (κ1) is 24.8. The molecule has 0 aliphatic heterocycles. The van der Waals surface area contributed by atoms with Crippen LogP contribution in [0.2, 0.25) is 0 Å². The van der Waals surface area contributed by atoms with Crippen LogP contribution in [0.5, 0.6) is 0 Å². The van der Waals surface area contributed by atoms with Crippen molar-refractivity contribution >= 4 is 6.08 Å². The number of hydrogen-bond acceptors (Lipinski definition) is 0. The third-order valence-electron chi connectivity index (χ3n) is 2.75. The molecule has 1 aliphatic carbocycles. The van der Waals surface area contributed by atoms with E-state index in [9.17, 15) is 0 Å². The molecule has 0 nitrogen and oxygen atoms in total. The molecule has 1 unspecified atom stereocenters. The maximum atomic E-state index is 3.29. The Morgan fingerprint density at radius 3 is 2.20 bits per heavy atom. The summed E-state index contributed by atoms with van der Waals surface area (Å²) in [6, 6.07) is 16.6. The van der Waals surface area contributed by atoms with Gasteiger partial charge in [-0.25, -0.2) is 18.2 Å². The summed E-state index contributed by atoms with van der Waals surface area (Å²) in [7, 11) is 0. The Hall–Kier alpha value is -0.227. The number of hydrogen-bond donors (Lipinski definition) is 0. The molecule has 0 aromatic heterocycles. The van der Waals surface area contributed by atoms with Crippen molar-refractivity contribution in [2.45, 2.75) is 19.8 Å². The second-order valence-corrected chi connectivity index (χ2v) is 4.13. The van der Waals surface area contributed by atoms with E-state index < -0.39 is 0 Å². The molecule has 0 radical (unpaired) electrons. The Balaban J connectivity index is -0.000000283. The number of benzene rings is 1. The van der Waals surface area contributed by atoms with E-state index in [0.717, 1.165) is 0 Å². The minimum absolute atomic E-state index is 0. The molecule has 0 saturated heterocycles. The summed E-state index contributed by atoms with van der Waals surface area (Å²) in [5.41, 5.74) is 4.10. The van der Waals surface area contributed by atoms with E-state index >= 15 is 0 Å². The minimum atomic E-state index is 0. The van der Waals surface area contributed by atoms with Crippen molar-refractivity contribution in [2.24, 2.45) is 0 Å². The average molecular weight is 385 g/mol. The predicted molar refractivity (Wildman–Crippen MR) is 75.8 cm³/mol. The van der Waals surface area contributed by atoms with Gasteiger partial charge in [-0.05, 0) is 6.92 Å². The molecule has 0 amide bonds. The molecule has 3 heteroatoms. The Bertz CT molecular complexity index is 459. The monoisotopic (exact) mass is 383 g/mol. The van der Waals surface area contributed by atoms with Gasteiger partial charge in [-0.1, -0.05) is 30.5 Å². The zero-order chi connectivity index (χ0) is 11.4. The zero-order valence-corrected chi connectivity index (χ0v) is 16.0. The largest absolute Gasteiger partial charge is 2.00 e. The summed E-state index contributed by atoms with van der Waals surface area (Å²) < 4.78 is 0. The fourth-order valence-corrected chi connectivity index (χ4v) is 1.83. The van der Waals surface area contributed by atoms with Gasteiger partial charge in [-0.15, -0.1) is 11.6 Å². The molecule has 0 bridgehead atoms. The van der Waals surface area contributed by atoms with Crippen molar-refractivity contribution in [1.29, 1.82) is 0 Å². The molecule has 1 atom stereocenters. The summed E-state index contributed by atoms with van der Waals surface area (Å²) in [6.07, 6.45) is 5.37. The number of halogens is 2. The molecule has 0 saturated carbocycles. The van der Waals surface area contributed by atoms with Crippen molar-refractivity contribution in [3.63, 3.8) is 0 Å². The first-order valence-corrected chi connectivity index (χ1v) is 5.64. The van der Waals surface area contributed by atoms with Crippen molar-refractivity contribution in [3.05, 3.63) is 78.7 Å². The fraction of sp³-hybridized carbons (Fsp3) is 0.176. The Morgan fingerprint density at radius 2 is 1.70 bits per heavy atom. The average Bonchev–Trinajstić information content (AvgIpc) is 2.93. The van der Waals surface area contributed by atoms with Gasteiger partial charge >= 0.3 is 26.2 Å². The topological polar surface area (TPSA) is 0 Å². The molecule has 2 aromatic rings. The molecule has 20 heavy (non-hydrogen) atoms. The van der Waals surface area contributed by atoms with Crippen molar-refractivity contribution in [2.75, 3.05) is 0 Å². The van der Waals surface area contributed by atoms with Gasteiger partial charge in [0, 0.05) is 0 Å². The predicted octanol–water partition coefficient (Wildman–Crippen LogP) is -1.21. The smallest absolute Gasteiger partial charge is 1.00 e. The molecular formula is C17H19Cl2Zr-3. The fourth-order valence-electron chi connectivity index (χ4n) is 1.83. The summed E-state index contributed by atoms with van der Waals surface area (Å²) in [4.78, 5) is 0. The second-order valence-electron chi connectivity index (χ2n) is 4.13. The van der Waals surface area contributed by atoms with E-state index in [1.807, 2.05) is 30.3 Å². The van der Waals surface area contributed by atoms with Crippen LogP contribution in [0.25, 0.3) is 6.08 Å². The van der Waals surface area contributed by atoms with Gasteiger partial charge in [-0.2, -0.15) is 23.8 Å². The van der Waals surface area contributed by atoms with Gasteiger partial charge in [0.25, 0.3) is 0 Å². The second kappa shape index (κ2) is 12.5. The number of fused-ring (bicyclic) bond motifs is 1. The standard InChI is InChI=1S/C11H11.C5H5.CH3.2ClH.Zr/c1-8-3-5-10-6-4-9(2)11(10)7-8;1-2-4-5-3-1;;;;/h3,5-7,9H,1-2H3;1-5H;1H3;2*1H;/q3*-1;;;+2/p-2. The Kier molecular flexibility index (Phi) is 15.5. The van der Waals surface area contributed by atoms with Gasteiger partial charge in [0.1, 0.15) is 0 Å². The van der Waals surface area contributed by atoms with Crippen LogP contribution < -0.4 is 24.8 Å². The number of allylic oxidation sites excluding steroid dienone is 1. The van der Waals surface area contributed by atoms with Crippen LogP contribution in [-0.4, -0.2) is 0 Å². The zero-order valence-electron chi connectivity index (χ0n) is 12.0. The van der Waals surface area contributed by atoms with E-state index in [2.05, 4.69) is 44.2 Å². The molecule has 108 valence electrons. The molecule has 0 N–H and O–H groups in total. The summed E-state index contributed by atoms with van der Waals surface area (Å²) >= 11 is 0. The summed E-state index contributed by atoms with van der Waals surface area (Å²) in [5, 5.41) is 0. The van der Waals surface area contributed by atoms with Crippen molar-refractivity contribution in [1.82, 2.24) is 0 Å². The first-order valence-electron chi connectivity index (χ1n) is 5.64. The Morgan fingerprint density at radius 1 is 1.10 bits per heavy atom. The van der Waals surface area contributed by atoms with E-state index in [4.69, 9.17) is 0 Å². The molecule has 0 heterocycles. The molecule has 1 aliphatic rings. The molecule has 0 fully saturated rings. The number of rotatable bonds is 0. The third-order valence-corrected chi connectivity index (χ3v) is 2.75. The number of aryl methyl sites for hydroxylation is 1. The van der Waals surface area contributed by atoms with Crippen LogP contribution in [0, 0.1) is 20.4 Å². The van der Waals surface area contributed by atoms with Gasteiger partial charge in [0.2, 0.25) is 0 Å². The van der Waals surface area contributed by atoms with Crippen LogP contribution in [0.4, 0.5) is 0 Å². The van der Waals surface area contributed by atoms with Crippen LogP contribution in [0.1, 0.15) is 29.5 Å². The molecule has 0 spiro atoms. The van der Waals surface area contributed by atoms with Crippen LogP contribution in [0.3, 0.4) is 0 Å². The molecule has 3 rings (SSSR count). The molecular weight excluding hydrogens is 366 g/mol. The maximum Gasteiger partial charge on any atom is 2.00 e. The Labute approximate surface area is 155 Å². The van der Waals surface area contributed by atoms with E-state index in [1.165, 1.54) is 16.7 Å². The van der Waals surface area contributed by atoms with E-state index in [-0.39, 0.29) is 58.4 Å². The van der Waals surface area contributed by atoms with Crippen LogP contribution >= 0.6 is 0 Å². The van der Waals surface area contributed by atoms with Gasteiger partial charge in [-0.3, -0.25) is 6.08 Å².